The minimum absolute atomic E-state index is 0.0273. The van der Waals surface area contributed by atoms with Crippen molar-refractivity contribution >= 4 is 11.7 Å². The summed E-state index contributed by atoms with van der Waals surface area (Å²) in [6.45, 7) is 5.66. The third-order valence-corrected chi connectivity index (χ3v) is 2.23. The van der Waals surface area contributed by atoms with E-state index in [4.69, 9.17) is 4.74 Å². The SMILES string of the molecule is C=C(O)c1ccccc1CCC(=O)OCC. The average molecular weight is 220 g/mol. The fourth-order valence-corrected chi connectivity index (χ4v) is 1.49. The molecular weight excluding hydrogens is 204 g/mol. The summed E-state index contributed by atoms with van der Waals surface area (Å²) < 4.78 is 4.84. The van der Waals surface area contributed by atoms with Crippen molar-refractivity contribution in [3.05, 3.63) is 42.0 Å². The number of rotatable bonds is 5. The van der Waals surface area contributed by atoms with Gasteiger partial charge < -0.3 is 9.84 Å². The molecule has 0 aliphatic heterocycles. The normalized spacial score (nSPS) is 9.81. The first kappa shape index (κ1) is 12.3. The Kier molecular flexibility index (Phi) is 4.58. The van der Waals surface area contributed by atoms with E-state index in [1.54, 1.807) is 13.0 Å². The topological polar surface area (TPSA) is 46.5 Å². The number of carbonyl (C=O) groups is 1. The number of hydrogen-bond acceptors (Lipinski definition) is 3. The van der Waals surface area contributed by atoms with E-state index in [0.717, 1.165) is 5.56 Å². The van der Waals surface area contributed by atoms with Gasteiger partial charge in [0.15, 0.2) is 0 Å². The molecule has 0 heterocycles. The molecule has 0 aliphatic carbocycles. The van der Waals surface area contributed by atoms with Gasteiger partial charge in [0.1, 0.15) is 5.76 Å². The Morgan fingerprint density at radius 2 is 2.12 bits per heavy atom. The van der Waals surface area contributed by atoms with E-state index < -0.39 is 0 Å². The van der Waals surface area contributed by atoms with Crippen LogP contribution in [-0.2, 0) is 16.0 Å². The van der Waals surface area contributed by atoms with Crippen molar-refractivity contribution in [2.45, 2.75) is 19.8 Å². The van der Waals surface area contributed by atoms with Gasteiger partial charge in [-0.2, -0.15) is 0 Å². The predicted molar refractivity (Wildman–Crippen MR) is 63.1 cm³/mol. The largest absolute Gasteiger partial charge is 0.508 e. The molecule has 0 saturated carbocycles. The lowest BCUT2D eigenvalue weighted by Crippen LogP contribution is -2.06. The van der Waals surface area contributed by atoms with Crippen LogP contribution in [0.3, 0.4) is 0 Å². The van der Waals surface area contributed by atoms with Crippen molar-refractivity contribution in [3.8, 4) is 0 Å². The Labute approximate surface area is 95.4 Å². The van der Waals surface area contributed by atoms with Crippen LogP contribution in [0, 0.1) is 0 Å². The molecule has 0 spiro atoms. The summed E-state index contributed by atoms with van der Waals surface area (Å²) in [5.74, 6) is -0.194. The molecule has 0 unspecified atom stereocenters. The smallest absolute Gasteiger partial charge is 0.306 e. The van der Waals surface area contributed by atoms with Crippen LogP contribution in [0.1, 0.15) is 24.5 Å². The summed E-state index contributed by atoms with van der Waals surface area (Å²) in [6.07, 6.45) is 0.868. The van der Waals surface area contributed by atoms with Crippen molar-refractivity contribution in [1.29, 1.82) is 0 Å². The van der Waals surface area contributed by atoms with E-state index in [9.17, 15) is 9.90 Å². The second-order valence-electron chi connectivity index (χ2n) is 3.41. The Morgan fingerprint density at radius 1 is 1.44 bits per heavy atom. The van der Waals surface area contributed by atoms with Crippen LogP contribution >= 0.6 is 0 Å². The van der Waals surface area contributed by atoms with E-state index in [1.165, 1.54) is 0 Å². The molecule has 3 nitrogen and oxygen atoms in total. The molecule has 0 amide bonds. The van der Waals surface area contributed by atoms with Crippen LogP contribution in [0.25, 0.3) is 5.76 Å². The zero-order chi connectivity index (χ0) is 12.0. The van der Waals surface area contributed by atoms with Crippen LogP contribution < -0.4 is 0 Å². The zero-order valence-electron chi connectivity index (χ0n) is 9.40. The van der Waals surface area contributed by atoms with Gasteiger partial charge in [-0.25, -0.2) is 0 Å². The zero-order valence-corrected chi connectivity index (χ0v) is 9.40. The van der Waals surface area contributed by atoms with Crippen LogP contribution in [0.15, 0.2) is 30.8 Å². The lowest BCUT2D eigenvalue weighted by Gasteiger charge is -2.07. The number of hydrogen-bond donors (Lipinski definition) is 1. The highest BCUT2D eigenvalue weighted by Gasteiger charge is 2.07. The molecule has 0 aliphatic rings. The number of esters is 1. The highest BCUT2D eigenvalue weighted by atomic mass is 16.5. The first-order chi connectivity index (χ1) is 7.65. The molecule has 0 atom stereocenters. The number of aliphatic hydroxyl groups excluding tert-OH is 1. The van der Waals surface area contributed by atoms with E-state index in [1.807, 2.05) is 18.2 Å². The van der Waals surface area contributed by atoms with Gasteiger partial charge in [-0.1, -0.05) is 30.8 Å². The fraction of sp³-hybridized carbons (Fsp3) is 0.308. The van der Waals surface area contributed by atoms with Crippen LogP contribution in [0.2, 0.25) is 0 Å². The minimum Gasteiger partial charge on any atom is -0.508 e. The number of aliphatic hydroxyl groups is 1. The summed E-state index contributed by atoms with van der Waals surface area (Å²) in [7, 11) is 0. The Hall–Kier alpha value is -1.77. The fourth-order valence-electron chi connectivity index (χ4n) is 1.49. The average Bonchev–Trinajstić information content (AvgIpc) is 2.27. The maximum atomic E-state index is 11.2. The number of carbonyl (C=O) groups excluding carboxylic acids is 1. The lowest BCUT2D eigenvalue weighted by atomic mass is 10.0. The molecule has 0 bridgehead atoms. The quantitative estimate of drug-likeness (QED) is 0.613. The number of aryl methyl sites for hydroxylation is 1. The van der Waals surface area contributed by atoms with Gasteiger partial charge in [0.05, 0.1) is 6.61 Å². The standard InChI is InChI=1S/C13H16O3/c1-3-16-13(15)9-8-11-6-4-5-7-12(11)10(2)14/h4-7,14H,2-3,8-9H2,1H3. The summed E-state index contributed by atoms with van der Waals surface area (Å²) in [6, 6.07) is 7.34. The number of ether oxygens (including phenoxy) is 1. The van der Waals surface area contributed by atoms with Crippen molar-refractivity contribution in [2.24, 2.45) is 0 Å². The molecule has 1 aromatic rings. The van der Waals surface area contributed by atoms with E-state index in [0.29, 0.717) is 25.0 Å². The van der Waals surface area contributed by atoms with Crippen LogP contribution in [0.5, 0.6) is 0 Å². The van der Waals surface area contributed by atoms with E-state index >= 15 is 0 Å². The molecule has 3 heteroatoms. The summed E-state index contributed by atoms with van der Waals surface area (Å²) in [5.41, 5.74) is 1.59. The van der Waals surface area contributed by atoms with Gasteiger partial charge in [-0.15, -0.1) is 0 Å². The molecule has 0 saturated heterocycles. The predicted octanol–water partition coefficient (Wildman–Crippen LogP) is 2.71. The Bertz CT molecular complexity index is 383. The second kappa shape index (κ2) is 5.95. The molecule has 0 fully saturated rings. The van der Waals surface area contributed by atoms with Gasteiger partial charge in [0.25, 0.3) is 0 Å². The Balaban J connectivity index is 2.66. The minimum atomic E-state index is -0.221. The summed E-state index contributed by atoms with van der Waals surface area (Å²) in [4.78, 5) is 11.2. The highest BCUT2D eigenvalue weighted by Crippen LogP contribution is 2.17. The van der Waals surface area contributed by atoms with Crippen molar-refractivity contribution in [1.82, 2.24) is 0 Å². The Morgan fingerprint density at radius 3 is 2.75 bits per heavy atom. The lowest BCUT2D eigenvalue weighted by molar-refractivity contribution is -0.143. The molecule has 86 valence electrons. The third kappa shape index (κ3) is 3.42. The summed E-state index contributed by atoms with van der Waals surface area (Å²) in [5, 5.41) is 9.36. The molecule has 0 aromatic heterocycles. The van der Waals surface area contributed by atoms with Gasteiger partial charge >= 0.3 is 5.97 Å². The van der Waals surface area contributed by atoms with Gasteiger partial charge in [0, 0.05) is 12.0 Å². The van der Waals surface area contributed by atoms with Crippen molar-refractivity contribution in [2.75, 3.05) is 6.61 Å². The molecule has 1 rings (SSSR count). The molecule has 0 radical (unpaired) electrons. The van der Waals surface area contributed by atoms with Gasteiger partial charge in [-0.3, -0.25) is 4.79 Å². The second-order valence-corrected chi connectivity index (χ2v) is 3.41. The van der Waals surface area contributed by atoms with Crippen LogP contribution in [0.4, 0.5) is 0 Å². The number of benzene rings is 1. The maximum Gasteiger partial charge on any atom is 0.306 e. The molecular formula is C13H16O3. The first-order valence-electron chi connectivity index (χ1n) is 5.27. The van der Waals surface area contributed by atoms with Gasteiger partial charge in [0.2, 0.25) is 0 Å². The van der Waals surface area contributed by atoms with Crippen molar-refractivity contribution < 1.29 is 14.6 Å². The molecule has 1 aromatic carbocycles. The highest BCUT2D eigenvalue weighted by molar-refractivity contribution is 5.70. The summed E-state index contributed by atoms with van der Waals surface area (Å²) >= 11 is 0. The monoisotopic (exact) mass is 220 g/mol. The third-order valence-electron chi connectivity index (χ3n) is 2.23. The van der Waals surface area contributed by atoms with Crippen LogP contribution in [-0.4, -0.2) is 17.7 Å². The van der Waals surface area contributed by atoms with Crippen molar-refractivity contribution in [3.63, 3.8) is 0 Å². The molecule has 16 heavy (non-hydrogen) atoms. The maximum absolute atomic E-state index is 11.2. The first-order valence-corrected chi connectivity index (χ1v) is 5.27. The van der Waals surface area contributed by atoms with E-state index in [-0.39, 0.29) is 11.7 Å². The molecule has 1 N–H and O–H groups in total. The van der Waals surface area contributed by atoms with E-state index in [2.05, 4.69) is 6.58 Å². The van der Waals surface area contributed by atoms with Gasteiger partial charge in [-0.05, 0) is 18.9 Å².